The summed E-state index contributed by atoms with van der Waals surface area (Å²) >= 11 is 0. The number of likely N-dealkylation sites (N-methyl/N-ethyl adjacent to an activating group) is 1. The van der Waals surface area contributed by atoms with Gasteiger partial charge in [-0.1, -0.05) is 60.7 Å². The van der Waals surface area contributed by atoms with Crippen molar-refractivity contribution in [3.63, 3.8) is 0 Å². The fourth-order valence-corrected chi connectivity index (χ4v) is 5.93. The van der Waals surface area contributed by atoms with E-state index in [4.69, 9.17) is 15.2 Å². The second kappa shape index (κ2) is 17.7. The Morgan fingerprint density at radius 3 is 2.24 bits per heavy atom. The van der Waals surface area contributed by atoms with Gasteiger partial charge in [0.2, 0.25) is 11.8 Å². The SMILES string of the molecule is CN(C[C@H]1C[C@@H](c2ccc(CO)cc2)O[C@@H](c2ccc(NC(=O)CCCCC(=O)Nc3ccccc3N)cc2)O1)C[C@@H](O)c1cccc(O)c1. The quantitative estimate of drug-likeness (QED) is 0.0670. The average molecular weight is 683 g/mol. The largest absolute Gasteiger partial charge is 0.508 e. The summed E-state index contributed by atoms with van der Waals surface area (Å²) in [5.41, 5.74) is 10.8. The van der Waals surface area contributed by atoms with E-state index in [1.807, 2.05) is 60.5 Å². The van der Waals surface area contributed by atoms with E-state index in [2.05, 4.69) is 10.6 Å². The lowest BCUT2D eigenvalue weighted by Gasteiger charge is -2.38. The standard InChI is InChI=1S/C39H46N4O7/c1-43(24-35(46)29-7-6-8-31(45)21-29)23-32-22-36(27-15-13-26(25-44)14-16-27)50-39(49-32)28-17-19-30(20-18-28)41-37(47)11-4-5-12-38(48)42-34-10-3-2-9-33(34)40/h2-3,6-10,13-21,32,35-36,39,44-46H,4-5,11-12,22-25,40H2,1H3,(H,41,47)(H,42,48)/t32-,35-,36+,39+/m1/s1. The molecule has 0 radical (unpaired) electrons. The van der Waals surface area contributed by atoms with E-state index in [9.17, 15) is 24.9 Å². The molecule has 7 N–H and O–H groups in total. The van der Waals surface area contributed by atoms with Gasteiger partial charge in [0.25, 0.3) is 0 Å². The fourth-order valence-electron chi connectivity index (χ4n) is 5.93. The van der Waals surface area contributed by atoms with Crippen LogP contribution >= 0.6 is 0 Å². The van der Waals surface area contributed by atoms with E-state index in [0.29, 0.717) is 61.4 Å². The zero-order chi connectivity index (χ0) is 35.5. The number of aromatic hydroxyl groups is 1. The van der Waals surface area contributed by atoms with Crippen LogP contribution in [-0.4, -0.2) is 58.3 Å². The van der Waals surface area contributed by atoms with Gasteiger partial charge in [-0.3, -0.25) is 9.59 Å². The smallest absolute Gasteiger partial charge is 0.224 e. The lowest BCUT2D eigenvalue weighted by atomic mass is 9.99. The van der Waals surface area contributed by atoms with E-state index in [0.717, 1.165) is 16.7 Å². The minimum Gasteiger partial charge on any atom is -0.508 e. The number of carbonyl (C=O) groups excluding carboxylic acids is 2. The lowest BCUT2D eigenvalue weighted by molar-refractivity contribution is -0.252. The third-order valence-electron chi connectivity index (χ3n) is 8.63. The van der Waals surface area contributed by atoms with Crippen LogP contribution in [0.5, 0.6) is 5.75 Å². The van der Waals surface area contributed by atoms with E-state index in [1.54, 1.807) is 48.5 Å². The fraction of sp³-hybridized carbons (Fsp3) is 0.333. The molecule has 0 unspecified atom stereocenters. The molecular formula is C39H46N4O7. The van der Waals surface area contributed by atoms with Gasteiger partial charge in [-0.05, 0) is 73.0 Å². The summed E-state index contributed by atoms with van der Waals surface area (Å²) in [6.45, 7) is 0.823. The van der Waals surface area contributed by atoms with E-state index >= 15 is 0 Å². The maximum absolute atomic E-state index is 12.6. The predicted molar refractivity (Wildman–Crippen MR) is 192 cm³/mol. The number of aliphatic hydroxyl groups excluding tert-OH is 2. The Kier molecular flexibility index (Phi) is 13.0. The molecule has 1 aliphatic rings. The minimum absolute atomic E-state index is 0.0444. The van der Waals surface area contributed by atoms with Crippen molar-refractivity contribution in [3.05, 3.63) is 119 Å². The van der Waals surface area contributed by atoms with Crippen molar-refractivity contribution < 1.29 is 34.4 Å². The number of unbranched alkanes of at least 4 members (excludes halogenated alkanes) is 1. The first-order valence-electron chi connectivity index (χ1n) is 16.9. The number of para-hydroxylation sites is 2. The van der Waals surface area contributed by atoms with Crippen LogP contribution in [0.4, 0.5) is 17.1 Å². The summed E-state index contributed by atoms with van der Waals surface area (Å²) in [5.74, 6) is -0.180. The van der Waals surface area contributed by atoms with Crippen molar-refractivity contribution in [1.82, 2.24) is 4.90 Å². The Bertz CT molecular complexity index is 1700. The number of carbonyl (C=O) groups is 2. The Labute approximate surface area is 292 Å². The maximum Gasteiger partial charge on any atom is 0.224 e. The molecule has 1 heterocycles. The Morgan fingerprint density at radius 1 is 0.880 bits per heavy atom. The van der Waals surface area contributed by atoms with Gasteiger partial charge in [-0.15, -0.1) is 0 Å². The first-order chi connectivity index (χ1) is 24.2. The van der Waals surface area contributed by atoms with Gasteiger partial charge in [-0.2, -0.15) is 0 Å². The lowest BCUT2D eigenvalue weighted by Crippen LogP contribution is -2.39. The summed E-state index contributed by atoms with van der Waals surface area (Å²) in [7, 11) is 1.91. The van der Waals surface area contributed by atoms with Crippen LogP contribution in [0.2, 0.25) is 0 Å². The molecule has 1 aliphatic heterocycles. The number of rotatable bonds is 15. The molecule has 0 saturated carbocycles. The number of amides is 2. The molecule has 0 spiro atoms. The van der Waals surface area contributed by atoms with Gasteiger partial charge < -0.3 is 46.1 Å². The maximum atomic E-state index is 12.6. The molecule has 4 atom stereocenters. The molecule has 264 valence electrons. The first kappa shape index (κ1) is 36.5. The molecule has 4 aromatic rings. The number of phenolic OH excluding ortho intramolecular Hbond substituents is 1. The molecule has 0 aliphatic carbocycles. The number of nitrogens with one attached hydrogen (secondary N) is 2. The highest BCUT2D eigenvalue weighted by molar-refractivity contribution is 5.94. The second-order valence-corrected chi connectivity index (χ2v) is 12.7. The second-order valence-electron chi connectivity index (χ2n) is 12.7. The van der Waals surface area contributed by atoms with E-state index in [-0.39, 0.29) is 42.8 Å². The average Bonchev–Trinajstić information content (AvgIpc) is 3.11. The summed E-state index contributed by atoms with van der Waals surface area (Å²) in [4.78, 5) is 26.9. The number of nitrogen functional groups attached to an aromatic ring is 1. The summed E-state index contributed by atoms with van der Waals surface area (Å²) < 4.78 is 12.9. The molecule has 1 saturated heterocycles. The molecule has 11 nitrogen and oxygen atoms in total. The van der Waals surface area contributed by atoms with E-state index in [1.165, 1.54) is 0 Å². The zero-order valence-electron chi connectivity index (χ0n) is 28.2. The van der Waals surface area contributed by atoms with Crippen LogP contribution < -0.4 is 16.4 Å². The van der Waals surface area contributed by atoms with Crippen LogP contribution in [0.3, 0.4) is 0 Å². The van der Waals surface area contributed by atoms with Gasteiger partial charge in [0.1, 0.15) is 5.75 Å². The normalized spacial score (nSPS) is 18.0. The minimum atomic E-state index is -0.786. The van der Waals surface area contributed by atoms with Crippen molar-refractivity contribution in [3.8, 4) is 5.75 Å². The Hall–Kier alpha value is -4.78. The molecule has 4 aromatic carbocycles. The summed E-state index contributed by atoms with van der Waals surface area (Å²) in [5, 5.41) is 35.8. The number of anilines is 3. The number of phenols is 1. The number of hydrogen-bond donors (Lipinski definition) is 6. The third kappa shape index (κ3) is 10.6. The van der Waals surface area contributed by atoms with Crippen LogP contribution in [0.15, 0.2) is 97.1 Å². The van der Waals surface area contributed by atoms with Crippen molar-refractivity contribution in [2.75, 3.05) is 36.5 Å². The first-order valence-corrected chi connectivity index (χ1v) is 16.9. The molecule has 50 heavy (non-hydrogen) atoms. The topological polar surface area (TPSA) is 167 Å². The summed E-state index contributed by atoms with van der Waals surface area (Å²) in [6, 6.07) is 28.7. The monoisotopic (exact) mass is 682 g/mol. The highest BCUT2D eigenvalue weighted by Crippen LogP contribution is 2.38. The number of ether oxygens (including phenoxy) is 2. The zero-order valence-corrected chi connectivity index (χ0v) is 28.2. The molecule has 2 amide bonds. The number of nitrogens with two attached hydrogens (primary N) is 1. The number of hydrogen-bond acceptors (Lipinski definition) is 9. The van der Waals surface area contributed by atoms with Gasteiger partial charge >= 0.3 is 0 Å². The van der Waals surface area contributed by atoms with Crippen molar-refractivity contribution in [2.45, 2.75) is 63.3 Å². The number of nitrogens with zero attached hydrogens (tertiary/aromatic N) is 1. The Balaban J connectivity index is 1.15. The van der Waals surface area contributed by atoms with E-state index < -0.39 is 12.4 Å². The van der Waals surface area contributed by atoms with Crippen LogP contribution in [0.25, 0.3) is 0 Å². The highest BCUT2D eigenvalue weighted by Gasteiger charge is 2.33. The van der Waals surface area contributed by atoms with Gasteiger partial charge in [0, 0.05) is 43.6 Å². The third-order valence-corrected chi connectivity index (χ3v) is 8.63. The molecule has 0 aromatic heterocycles. The van der Waals surface area contributed by atoms with Crippen LogP contribution in [0, 0.1) is 0 Å². The molecular weight excluding hydrogens is 636 g/mol. The van der Waals surface area contributed by atoms with Crippen molar-refractivity contribution >= 4 is 28.9 Å². The van der Waals surface area contributed by atoms with Gasteiger partial charge in [0.05, 0.1) is 36.3 Å². The predicted octanol–water partition coefficient (Wildman–Crippen LogP) is 5.82. The molecule has 11 heteroatoms. The van der Waals surface area contributed by atoms with Crippen LogP contribution in [0.1, 0.15) is 72.9 Å². The summed E-state index contributed by atoms with van der Waals surface area (Å²) in [6.07, 6.45) is 0.310. The molecule has 5 rings (SSSR count). The molecule has 1 fully saturated rings. The number of aliphatic hydroxyl groups is 2. The Morgan fingerprint density at radius 2 is 1.56 bits per heavy atom. The molecule has 0 bridgehead atoms. The highest BCUT2D eigenvalue weighted by atomic mass is 16.7. The number of benzene rings is 4. The van der Waals surface area contributed by atoms with Crippen molar-refractivity contribution in [2.24, 2.45) is 0 Å². The van der Waals surface area contributed by atoms with Crippen molar-refractivity contribution in [1.29, 1.82) is 0 Å². The van der Waals surface area contributed by atoms with Gasteiger partial charge in [0.15, 0.2) is 6.29 Å². The van der Waals surface area contributed by atoms with Crippen LogP contribution in [-0.2, 0) is 25.7 Å². The van der Waals surface area contributed by atoms with Gasteiger partial charge in [-0.25, -0.2) is 0 Å².